The van der Waals surface area contributed by atoms with Crippen LogP contribution in [0.4, 0.5) is 13.2 Å². The second kappa shape index (κ2) is 9.79. The summed E-state index contributed by atoms with van der Waals surface area (Å²) in [5.74, 6) is 0.698. The van der Waals surface area contributed by atoms with Crippen LogP contribution in [0, 0.1) is 0 Å². The summed E-state index contributed by atoms with van der Waals surface area (Å²) >= 11 is 0. The Balaban J connectivity index is 1.82. The highest BCUT2D eigenvalue weighted by atomic mass is 19.4. The monoisotopic (exact) mass is 364 g/mol. The first kappa shape index (κ1) is 19.8. The molecule has 2 rings (SSSR count). The van der Waals surface area contributed by atoms with Gasteiger partial charge in [-0.05, 0) is 49.1 Å². The minimum Gasteiger partial charge on any atom is -0.357 e. The Labute approximate surface area is 151 Å². The molecule has 2 N–H and O–H groups in total. The number of alkyl halides is 3. The third kappa shape index (κ3) is 6.74. The topological polar surface area (TPSA) is 49.3 Å². The molecule has 140 valence electrons. The van der Waals surface area contributed by atoms with E-state index < -0.39 is 11.7 Å². The molecule has 26 heavy (non-hydrogen) atoms. The third-order valence-electron chi connectivity index (χ3n) is 3.72. The molecule has 0 fully saturated rings. The van der Waals surface area contributed by atoms with E-state index in [1.54, 1.807) is 6.20 Å². The molecule has 4 nitrogen and oxygen atoms in total. The van der Waals surface area contributed by atoms with E-state index in [1.807, 2.05) is 25.3 Å². The Morgan fingerprint density at radius 1 is 1.04 bits per heavy atom. The number of aliphatic imine (C=N–C) groups is 1. The van der Waals surface area contributed by atoms with Crippen molar-refractivity contribution in [2.75, 3.05) is 19.6 Å². The van der Waals surface area contributed by atoms with Gasteiger partial charge in [-0.3, -0.25) is 9.98 Å². The lowest BCUT2D eigenvalue weighted by atomic mass is 10.1. The van der Waals surface area contributed by atoms with Crippen LogP contribution in [0.2, 0.25) is 0 Å². The highest BCUT2D eigenvalue weighted by Gasteiger charge is 2.29. The number of halogens is 3. The van der Waals surface area contributed by atoms with E-state index in [1.165, 1.54) is 12.1 Å². The summed E-state index contributed by atoms with van der Waals surface area (Å²) in [6, 6.07) is 9.14. The Bertz CT molecular complexity index is 682. The van der Waals surface area contributed by atoms with Gasteiger partial charge in [0.2, 0.25) is 0 Å². The van der Waals surface area contributed by atoms with Gasteiger partial charge in [-0.1, -0.05) is 18.2 Å². The number of guanidine groups is 1. The summed E-state index contributed by atoms with van der Waals surface area (Å²) in [7, 11) is 0. The van der Waals surface area contributed by atoms with Gasteiger partial charge in [-0.15, -0.1) is 0 Å². The maximum absolute atomic E-state index is 12.6. The highest BCUT2D eigenvalue weighted by Crippen LogP contribution is 2.29. The van der Waals surface area contributed by atoms with Crippen LogP contribution in [0.15, 0.2) is 53.8 Å². The zero-order valence-electron chi connectivity index (χ0n) is 14.7. The molecule has 0 atom stereocenters. The first-order chi connectivity index (χ1) is 12.5. The van der Waals surface area contributed by atoms with Crippen molar-refractivity contribution in [2.24, 2.45) is 4.99 Å². The summed E-state index contributed by atoms with van der Waals surface area (Å²) in [6.45, 7) is 3.93. The van der Waals surface area contributed by atoms with Crippen molar-refractivity contribution in [3.05, 3.63) is 65.5 Å². The summed E-state index contributed by atoms with van der Waals surface area (Å²) in [5.41, 5.74) is 1.34. The number of benzene rings is 1. The van der Waals surface area contributed by atoms with Crippen LogP contribution in [0.1, 0.15) is 23.6 Å². The van der Waals surface area contributed by atoms with E-state index >= 15 is 0 Å². The molecule has 0 bridgehead atoms. The first-order valence-corrected chi connectivity index (χ1v) is 8.56. The Kier molecular flexibility index (Phi) is 7.44. The van der Waals surface area contributed by atoms with Crippen LogP contribution in [0.5, 0.6) is 0 Å². The van der Waals surface area contributed by atoms with Gasteiger partial charge < -0.3 is 10.6 Å². The number of hydrogen-bond donors (Lipinski definition) is 2. The van der Waals surface area contributed by atoms with Gasteiger partial charge in [0.25, 0.3) is 0 Å². The molecule has 0 amide bonds. The quantitative estimate of drug-likeness (QED) is 0.585. The highest BCUT2D eigenvalue weighted by molar-refractivity contribution is 5.79. The van der Waals surface area contributed by atoms with E-state index in [2.05, 4.69) is 20.6 Å². The van der Waals surface area contributed by atoms with Gasteiger partial charge in [0, 0.05) is 32.0 Å². The fraction of sp³-hybridized carbons (Fsp3) is 0.368. The third-order valence-corrected chi connectivity index (χ3v) is 3.72. The standard InChI is InChI=1S/C19H23F3N4/c1-2-24-18(26-13-10-16-4-3-11-23-14-16)25-12-9-15-5-7-17(8-6-15)19(20,21)22/h3-8,11,14H,2,9-10,12-13H2,1H3,(H2,24,25,26). The predicted molar refractivity (Wildman–Crippen MR) is 97.1 cm³/mol. The molecule has 0 aliphatic carbocycles. The van der Waals surface area contributed by atoms with Crippen LogP contribution < -0.4 is 10.6 Å². The van der Waals surface area contributed by atoms with Crippen molar-refractivity contribution in [2.45, 2.75) is 25.9 Å². The van der Waals surface area contributed by atoms with Crippen molar-refractivity contribution in [1.82, 2.24) is 15.6 Å². The summed E-state index contributed by atoms with van der Waals surface area (Å²) < 4.78 is 37.7. The van der Waals surface area contributed by atoms with Gasteiger partial charge >= 0.3 is 6.18 Å². The number of aromatic nitrogens is 1. The molecule has 0 spiro atoms. The lowest BCUT2D eigenvalue weighted by molar-refractivity contribution is -0.137. The Morgan fingerprint density at radius 3 is 2.42 bits per heavy atom. The smallest absolute Gasteiger partial charge is 0.357 e. The molecule has 0 saturated heterocycles. The zero-order chi connectivity index (χ0) is 18.8. The molecule has 0 unspecified atom stereocenters. The predicted octanol–water partition coefficient (Wildman–Crippen LogP) is 3.44. The number of nitrogens with zero attached hydrogens (tertiary/aromatic N) is 2. The van der Waals surface area contributed by atoms with Crippen LogP contribution in [0.3, 0.4) is 0 Å². The molecular weight excluding hydrogens is 341 g/mol. The van der Waals surface area contributed by atoms with Gasteiger partial charge in [-0.25, -0.2) is 0 Å². The van der Waals surface area contributed by atoms with Crippen molar-refractivity contribution in [3.8, 4) is 0 Å². The number of rotatable bonds is 7. The van der Waals surface area contributed by atoms with Crippen LogP contribution in [0.25, 0.3) is 0 Å². The fourth-order valence-electron chi connectivity index (χ4n) is 2.37. The van der Waals surface area contributed by atoms with Crippen molar-refractivity contribution in [1.29, 1.82) is 0 Å². The number of pyridine rings is 1. The molecule has 1 heterocycles. The maximum atomic E-state index is 12.6. The van der Waals surface area contributed by atoms with Crippen molar-refractivity contribution in [3.63, 3.8) is 0 Å². The van der Waals surface area contributed by atoms with E-state index in [0.29, 0.717) is 18.9 Å². The first-order valence-electron chi connectivity index (χ1n) is 8.56. The minimum absolute atomic E-state index is 0.494. The molecular formula is C19H23F3N4. The fourth-order valence-corrected chi connectivity index (χ4v) is 2.37. The molecule has 0 aliphatic rings. The lowest BCUT2D eigenvalue weighted by Crippen LogP contribution is -2.38. The van der Waals surface area contributed by atoms with E-state index in [9.17, 15) is 13.2 Å². The van der Waals surface area contributed by atoms with Crippen molar-refractivity contribution < 1.29 is 13.2 Å². The van der Waals surface area contributed by atoms with E-state index in [4.69, 9.17) is 0 Å². The molecule has 2 aromatic rings. The van der Waals surface area contributed by atoms with Crippen molar-refractivity contribution >= 4 is 5.96 Å². The van der Waals surface area contributed by atoms with E-state index in [0.717, 1.165) is 42.8 Å². The molecule has 7 heteroatoms. The molecule has 1 aromatic heterocycles. The average Bonchev–Trinajstić information content (AvgIpc) is 2.62. The minimum atomic E-state index is -4.30. The molecule has 0 saturated carbocycles. The Morgan fingerprint density at radius 2 is 1.81 bits per heavy atom. The van der Waals surface area contributed by atoms with Crippen LogP contribution in [-0.2, 0) is 19.0 Å². The molecule has 0 aliphatic heterocycles. The second-order valence-corrected chi connectivity index (χ2v) is 5.74. The Hall–Kier alpha value is -2.57. The molecule has 0 radical (unpaired) electrons. The molecule has 1 aromatic carbocycles. The van der Waals surface area contributed by atoms with E-state index in [-0.39, 0.29) is 0 Å². The summed E-state index contributed by atoms with van der Waals surface area (Å²) in [5, 5.41) is 6.41. The SMILES string of the molecule is CCNC(=NCCc1ccc(C(F)(F)F)cc1)NCCc1cccnc1. The summed E-state index contributed by atoms with van der Waals surface area (Å²) in [6.07, 6.45) is 0.682. The normalized spacial score (nSPS) is 12.1. The second-order valence-electron chi connectivity index (χ2n) is 5.74. The van der Waals surface area contributed by atoms with Crippen LogP contribution >= 0.6 is 0 Å². The number of hydrogen-bond acceptors (Lipinski definition) is 2. The maximum Gasteiger partial charge on any atom is 0.416 e. The van der Waals surface area contributed by atoms with Gasteiger partial charge in [-0.2, -0.15) is 13.2 Å². The van der Waals surface area contributed by atoms with Crippen LogP contribution in [-0.4, -0.2) is 30.6 Å². The number of nitrogens with one attached hydrogen (secondary N) is 2. The van der Waals surface area contributed by atoms with Gasteiger partial charge in [0.15, 0.2) is 5.96 Å². The largest absolute Gasteiger partial charge is 0.416 e. The van der Waals surface area contributed by atoms with Gasteiger partial charge in [0.05, 0.1) is 5.56 Å². The zero-order valence-corrected chi connectivity index (χ0v) is 14.7. The lowest BCUT2D eigenvalue weighted by Gasteiger charge is -2.11. The average molecular weight is 364 g/mol. The summed E-state index contributed by atoms with van der Waals surface area (Å²) in [4.78, 5) is 8.55. The van der Waals surface area contributed by atoms with Gasteiger partial charge in [0.1, 0.15) is 0 Å².